The number of nitrogens with two attached hydrogens (primary N) is 1. The molecule has 2 aromatic rings. The number of esters is 1. The number of H-pyrrole nitrogens is 1. The van der Waals surface area contributed by atoms with Gasteiger partial charge in [-0.05, 0) is 33.6 Å². The van der Waals surface area contributed by atoms with Gasteiger partial charge in [0, 0.05) is 18.0 Å². The first-order chi connectivity index (χ1) is 13.6. The van der Waals surface area contributed by atoms with Crippen LogP contribution in [-0.4, -0.2) is 23.3 Å². The first-order valence-corrected chi connectivity index (χ1v) is 9.60. The van der Waals surface area contributed by atoms with Crippen molar-refractivity contribution in [3.8, 4) is 23.4 Å². The van der Waals surface area contributed by atoms with Gasteiger partial charge in [-0.2, -0.15) is 5.26 Å². The van der Waals surface area contributed by atoms with Crippen molar-refractivity contribution in [2.75, 3.05) is 7.11 Å². The van der Waals surface area contributed by atoms with Gasteiger partial charge < -0.3 is 19.9 Å². The zero-order chi connectivity index (χ0) is 21.5. The number of halogens is 1. The maximum absolute atomic E-state index is 11.5. The molecule has 1 atom stereocenters. The molecule has 0 bridgehead atoms. The molecule has 2 heterocycles. The van der Waals surface area contributed by atoms with Crippen molar-refractivity contribution in [1.82, 2.24) is 10.2 Å². The van der Waals surface area contributed by atoms with Gasteiger partial charge in [-0.15, -0.1) is 5.10 Å². The third kappa shape index (κ3) is 3.68. The standard InChI is InChI=1S/C20H21BrN4O4/c1-9(26)28-16-12(21)6-10(7-13(16)27-5)14-11(8-22)18(23)29-19-15(14)17(24-25-19)20(2,3)4/h6-7,14H,23H2,1-5H3,(H,24,25). The maximum atomic E-state index is 11.5. The Bertz CT molecular complexity index is 1060. The number of ether oxygens (including phenoxy) is 3. The summed E-state index contributed by atoms with van der Waals surface area (Å²) in [6, 6.07) is 5.65. The SMILES string of the molecule is COc1cc(C2C(C#N)=C(N)Oc3n[nH]c(C(C)(C)C)c32)cc(Br)c1OC(C)=O. The van der Waals surface area contributed by atoms with E-state index in [4.69, 9.17) is 19.9 Å². The van der Waals surface area contributed by atoms with Crippen LogP contribution in [0.5, 0.6) is 17.4 Å². The maximum Gasteiger partial charge on any atom is 0.308 e. The molecule has 0 fully saturated rings. The smallest absolute Gasteiger partial charge is 0.308 e. The molecular formula is C20H21BrN4O4. The van der Waals surface area contributed by atoms with E-state index in [1.54, 1.807) is 12.1 Å². The topological polar surface area (TPSA) is 123 Å². The van der Waals surface area contributed by atoms with E-state index in [9.17, 15) is 10.1 Å². The molecule has 0 radical (unpaired) electrons. The largest absolute Gasteiger partial charge is 0.493 e. The highest BCUT2D eigenvalue weighted by Gasteiger charge is 2.38. The van der Waals surface area contributed by atoms with Crippen LogP contribution in [-0.2, 0) is 10.2 Å². The number of aromatic amines is 1. The normalized spacial score (nSPS) is 16.0. The van der Waals surface area contributed by atoms with Gasteiger partial charge in [0.25, 0.3) is 0 Å². The number of carbonyl (C=O) groups is 1. The van der Waals surface area contributed by atoms with Crippen LogP contribution in [0, 0.1) is 11.3 Å². The number of hydrogen-bond donors (Lipinski definition) is 2. The summed E-state index contributed by atoms with van der Waals surface area (Å²) in [4.78, 5) is 11.5. The summed E-state index contributed by atoms with van der Waals surface area (Å²) >= 11 is 3.44. The Hall–Kier alpha value is -2.99. The first kappa shape index (κ1) is 20.7. The molecule has 1 aromatic heterocycles. The van der Waals surface area contributed by atoms with Crippen LogP contribution >= 0.6 is 15.9 Å². The third-order valence-corrected chi connectivity index (χ3v) is 5.11. The summed E-state index contributed by atoms with van der Waals surface area (Å²) in [5.41, 5.74) is 8.28. The Labute approximate surface area is 176 Å². The van der Waals surface area contributed by atoms with Crippen LogP contribution in [0.15, 0.2) is 28.1 Å². The molecule has 3 N–H and O–H groups in total. The number of benzene rings is 1. The lowest BCUT2D eigenvalue weighted by Crippen LogP contribution is -2.24. The minimum absolute atomic E-state index is 0.00360. The van der Waals surface area contributed by atoms with Gasteiger partial charge in [-0.25, -0.2) is 0 Å². The molecule has 1 unspecified atom stereocenters. The Morgan fingerprint density at radius 2 is 2.10 bits per heavy atom. The average Bonchev–Trinajstić information content (AvgIpc) is 3.05. The van der Waals surface area contributed by atoms with Gasteiger partial charge in [0.15, 0.2) is 11.5 Å². The predicted molar refractivity (Wildman–Crippen MR) is 109 cm³/mol. The van der Waals surface area contributed by atoms with Gasteiger partial charge in [0.1, 0.15) is 11.6 Å². The first-order valence-electron chi connectivity index (χ1n) is 8.80. The lowest BCUT2D eigenvalue weighted by atomic mass is 9.79. The van der Waals surface area contributed by atoms with Gasteiger partial charge in [-0.1, -0.05) is 20.8 Å². The van der Waals surface area contributed by atoms with Crippen molar-refractivity contribution >= 4 is 21.9 Å². The quantitative estimate of drug-likeness (QED) is 0.529. The number of methoxy groups -OCH3 is 1. The van der Waals surface area contributed by atoms with Crippen LogP contribution < -0.4 is 19.9 Å². The summed E-state index contributed by atoms with van der Waals surface area (Å²) in [6.45, 7) is 7.41. The number of nitriles is 1. The number of rotatable bonds is 3. The van der Waals surface area contributed by atoms with Crippen LogP contribution in [0.1, 0.15) is 50.4 Å². The number of carbonyl (C=O) groups excluding carboxylic acids is 1. The number of aromatic nitrogens is 2. The molecule has 1 aliphatic rings. The third-order valence-electron chi connectivity index (χ3n) is 4.52. The lowest BCUT2D eigenvalue weighted by molar-refractivity contribution is -0.132. The van der Waals surface area contributed by atoms with E-state index in [1.165, 1.54) is 14.0 Å². The summed E-state index contributed by atoms with van der Waals surface area (Å²) in [7, 11) is 1.47. The summed E-state index contributed by atoms with van der Waals surface area (Å²) in [5.74, 6) is -0.0826. The highest BCUT2D eigenvalue weighted by molar-refractivity contribution is 9.10. The minimum atomic E-state index is -0.534. The molecule has 0 amide bonds. The Morgan fingerprint density at radius 3 is 2.66 bits per heavy atom. The van der Waals surface area contributed by atoms with Crippen LogP contribution in [0.3, 0.4) is 0 Å². The predicted octanol–water partition coefficient (Wildman–Crippen LogP) is 3.62. The molecule has 0 spiro atoms. The Morgan fingerprint density at radius 1 is 1.41 bits per heavy atom. The molecule has 29 heavy (non-hydrogen) atoms. The van der Waals surface area contributed by atoms with Crippen LogP contribution in [0.2, 0.25) is 0 Å². The molecule has 3 rings (SSSR count). The van der Waals surface area contributed by atoms with Crippen molar-refractivity contribution in [1.29, 1.82) is 5.26 Å². The van der Waals surface area contributed by atoms with E-state index in [0.29, 0.717) is 21.7 Å². The van der Waals surface area contributed by atoms with E-state index in [2.05, 4.69) is 32.2 Å². The van der Waals surface area contributed by atoms with Crippen LogP contribution in [0.4, 0.5) is 0 Å². The van der Waals surface area contributed by atoms with E-state index < -0.39 is 11.9 Å². The second-order valence-electron chi connectivity index (χ2n) is 7.62. The van der Waals surface area contributed by atoms with Gasteiger partial charge in [0.2, 0.25) is 11.8 Å². The number of fused-ring (bicyclic) bond motifs is 1. The molecule has 8 nitrogen and oxygen atoms in total. The monoisotopic (exact) mass is 460 g/mol. The van der Waals surface area contributed by atoms with Crippen molar-refractivity contribution < 1.29 is 19.0 Å². The number of nitrogens with zero attached hydrogens (tertiary/aromatic N) is 2. The van der Waals surface area contributed by atoms with Crippen molar-refractivity contribution in [2.45, 2.75) is 39.0 Å². The fourth-order valence-corrected chi connectivity index (χ4v) is 3.84. The fraction of sp³-hybridized carbons (Fsp3) is 0.350. The lowest BCUT2D eigenvalue weighted by Gasteiger charge is -2.28. The second-order valence-corrected chi connectivity index (χ2v) is 8.47. The van der Waals surface area contributed by atoms with Gasteiger partial charge in [0.05, 0.1) is 23.1 Å². The molecule has 152 valence electrons. The molecule has 1 aromatic carbocycles. The highest BCUT2D eigenvalue weighted by atomic mass is 79.9. The summed E-state index contributed by atoms with van der Waals surface area (Å²) in [5, 5.41) is 17.1. The zero-order valence-corrected chi connectivity index (χ0v) is 18.3. The Balaban J connectivity index is 2.27. The zero-order valence-electron chi connectivity index (χ0n) is 16.7. The fourth-order valence-electron chi connectivity index (χ4n) is 3.30. The highest BCUT2D eigenvalue weighted by Crippen LogP contribution is 2.48. The molecule has 1 aliphatic heterocycles. The Kier molecular flexibility index (Phi) is 5.32. The average molecular weight is 461 g/mol. The molecular weight excluding hydrogens is 440 g/mol. The van der Waals surface area contributed by atoms with Gasteiger partial charge >= 0.3 is 5.97 Å². The molecule has 0 saturated carbocycles. The molecule has 0 aliphatic carbocycles. The summed E-state index contributed by atoms with van der Waals surface area (Å²) < 4.78 is 16.8. The minimum Gasteiger partial charge on any atom is -0.493 e. The molecule has 9 heteroatoms. The number of allylic oxidation sites excluding steroid dienone is 1. The summed E-state index contributed by atoms with van der Waals surface area (Å²) in [6.07, 6.45) is 0. The number of hydrogen-bond acceptors (Lipinski definition) is 7. The van der Waals surface area contributed by atoms with Crippen LogP contribution in [0.25, 0.3) is 0 Å². The van der Waals surface area contributed by atoms with E-state index in [0.717, 1.165) is 11.3 Å². The van der Waals surface area contributed by atoms with Crippen molar-refractivity contribution in [2.24, 2.45) is 5.73 Å². The second kappa shape index (κ2) is 7.44. The van der Waals surface area contributed by atoms with E-state index in [-0.39, 0.29) is 22.6 Å². The van der Waals surface area contributed by atoms with Gasteiger partial charge in [-0.3, -0.25) is 9.89 Å². The van der Waals surface area contributed by atoms with Crippen molar-refractivity contribution in [3.63, 3.8) is 0 Å². The van der Waals surface area contributed by atoms with E-state index in [1.807, 2.05) is 20.8 Å². The number of nitrogens with one attached hydrogen (secondary N) is 1. The van der Waals surface area contributed by atoms with E-state index >= 15 is 0 Å². The van der Waals surface area contributed by atoms with Crippen molar-refractivity contribution in [3.05, 3.63) is 44.9 Å². The molecule has 0 saturated heterocycles.